The maximum atomic E-state index is 13.9. The van der Waals surface area contributed by atoms with Gasteiger partial charge >= 0.3 is 5.97 Å². The van der Waals surface area contributed by atoms with Crippen LogP contribution in [0.3, 0.4) is 0 Å². The Bertz CT molecular complexity index is 1680. The Morgan fingerprint density at radius 1 is 1.05 bits per heavy atom. The van der Waals surface area contributed by atoms with Crippen LogP contribution in [0.4, 0.5) is 5.69 Å². The molecule has 206 valence electrons. The molecule has 1 unspecified atom stereocenters. The number of carbonyl (C=O) groups excluding carboxylic acids is 3. The molecule has 1 saturated heterocycles. The first-order valence-corrected chi connectivity index (χ1v) is 14.5. The molecule has 2 heterocycles. The summed E-state index contributed by atoms with van der Waals surface area (Å²) >= 11 is 5.98. The Hall–Kier alpha value is -3.99. The van der Waals surface area contributed by atoms with E-state index in [-0.39, 0.29) is 35.7 Å². The lowest BCUT2D eigenvalue weighted by Crippen LogP contribution is -2.46. The van der Waals surface area contributed by atoms with Crippen molar-refractivity contribution in [1.82, 2.24) is 9.29 Å². The molecule has 3 aromatic carbocycles. The molecule has 0 bridgehead atoms. The number of sulfonamides is 1. The fourth-order valence-electron chi connectivity index (χ4n) is 4.83. The second-order valence-corrected chi connectivity index (χ2v) is 11.6. The van der Waals surface area contributed by atoms with Crippen LogP contribution >= 0.6 is 11.6 Å². The van der Waals surface area contributed by atoms with Crippen molar-refractivity contribution in [2.24, 2.45) is 0 Å². The van der Waals surface area contributed by atoms with E-state index >= 15 is 0 Å². The molecule has 1 aromatic heterocycles. The van der Waals surface area contributed by atoms with E-state index in [1.165, 1.54) is 48.5 Å². The minimum atomic E-state index is -4.19. The lowest BCUT2D eigenvalue weighted by Gasteiger charge is -2.27. The molecule has 0 spiro atoms. The van der Waals surface area contributed by atoms with Crippen molar-refractivity contribution < 1.29 is 27.5 Å². The van der Waals surface area contributed by atoms with Crippen molar-refractivity contribution >= 4 is 56.0 Å². The average molecular weight is 580 g/mol. The summed E-state index contributed by atoms with van der Waals surface area (Å²) in [6.07, 6.45) is 1.80. The van der Waals surface area contributed by atoms with Gasteiger partial charge in [-0.2, -0.15) is 4.31 Å². The van der Waals surface area contributed by atoms with Crippen LogP contribution in [0.25, 0.3) is 10.9 Å². The molecule has 0 aliphatic carbocycles. The summed E-state index contributed by atoms with van der Waals surface area (Å²) in [6, 6.07) is 17.9. The highest BCUT2D eigenvalue weighted by atomic mass is 35.5. The molecule has 1 fully saturated rings. The predicted octanol–water partition coefficient (Wildman–Crippen LogP) is 4.56. The van der Waals surface area contributed by atoms with E-state index in [2.05, 4.69) is 4.98 Å². The number of hydrogen-bond donors (Lipinski definition) is 1. The third-order valence-electron chi connectivity index (χ3n) is 6.80. The van der Waals surface area contributed by atoms with Crippen LogP contribution in [0, 0.1) is 0 Å². The van der Waals surface area contributed by atoms with Crippen LogP contribution in [-0.4, -0.2) is 54.7 Å². The number of anilines is 1. The standard InChI is InChI=1S/C29H26ClN3O6S/c1-2-39-29(36)19-7-11-22(12-8-19)33-27(34)17-26(28(33)35)32(40(37,38)23-13-9-21(30)10-14-23)16-15-20-18-31-25-6-4-3-5-24(20)25/h3-14,18,26,31H,2,15-17H2,1H3. The Morgan fingerprint density at radius 3 is 2.45 bits per heavy atom. The summed E-state index contributed by atoms with van der Waals surface area (Å²) in [5.41, 5.74) is 2.31. The number of esters is 1. The van der Waals surface area contributed by atoms with E-state index in [0.29, 0.717) is 11.4 Å². The van der Waals surface area contributed by atoms with Crippen molar-refractivity contribution in [3.8, 4) is 0 Å². The maximum absolute atomic E-state index is 13.9. The summed E-state index contributed by atoms with van der Waals surface area (Å²) in [7, 11) is -4.19. The van der Waals surface area contributed by atoms with Crippen LogP contribution in [0.1, 0.15) is 29.3 Å². The number of aromatic amines is 1. The second-order valence-electron chi connectivity index (χ2n) is 9.23. The van der Waals surface area contributed by atoms with Crippen LogP contribution in [0.2, 0.25) is 5.02 Å². The van der Waals surface area contributed by atoms with Gasteiger partial charge in [-0.05, 0) is 73.5 Å². The zero-order valence-corrected chi connectivity index (χ0v) is 23.1. The highest BCUT2D eigenvalue weighted by Gasteiger charge is 2.46. The monoisotopic (exact) mass is 579 g/mol. The molecule has 40 heavy (non-hydrogen) atoms. The molecule has 1 N–H and O–H groups in total. The summed E-state index contributed by atoms with van der Waals surface area (Å²) in [6.45, 7) is 1.87. The van der Waals surface area contributed by atoms with Crippen LogP contribution in [0.15, 0.2) is 83.9 Å². The van der Waals surface area contributed by atoms with Gasteiger partial charge in [0, 0.05) is 28.7 Å². The zero-order chi connectivity index (χ0) is 28.4. The van der Waals surface area contributed by atoms with E-state index in [9.17, 15) is 22.8 Å². The first-order valence-electron chi connectivity index (χ1n) is 12.7. The topological polar surface area (TPSA) is 117 Å². The summed E-state index contributed by atoms with van der Waals surface area (Å²) in [5.74, 6) is -1.73. The normalized spacial score (nSPS) is 15.8. The number of benzene rings is 3. The molecule has 11 heteroatoms. The minimum absolute atomic E-state index is 0.0340. The van der Waals surface area contributed by atoms with Crippen molar-refractivity contribution in [2.75, 3.05) is 18.1 Å². The number of halogens is 1. The molecule has 4 aromatic rings. The Morgan fingerprint density at radius 2 is 1.75 bits per heavy atom. The smallest absolute Gasteiger partial charge is 0.338 e. The molecule has 1 aliphatic heterocycles. The van der Waals surface area contributed by atoms with Crippen LogP contribution < -0.4 is 4.90 Å². The van der Waals surface area contributed by atoms with E-state index in [0.717, 1.165) is 25.7 Å². The number of hydrogen-bond acceptors (Lipinski definition) is 6. The zero-order valence-electron chi connectivity index (χ0n) is 21.5. The Kier molecular flexibility index (Phi) is 7.75. The van der Waals surface area contributed by atoms with Gasteiger partial charge in [-0.1, -0.05) is 29.8 Å². The second kappa shape index (κ2) is 11.2. The minimum Gasteiger partial charge on any atom is -0.462 e. The fraction of sp³-hybridized carbons (Fsp3) is 0.207. The van der Waals surface area contributed by atoms with Crippen molar-refractivity contribution in [3.63, 3.8) is 0 Å². The lowest BCUT2D eigenvalue weighted by atomic mass is 10.1. The van der Waals surface area contributed by atoms with Crippen LogP contribution in [0.5, 0.6) is 0 Å². The summed E-state index contributed by atoms with van der Waals surface area (Å²) < 4.78 is 33.8. The SMILES string of the molecule is CCOC(=O)c1ccc(N2C(=O)CC(N(CCc3c[nH]c4ccccc34)S(=O)(=O)c3ccc(Cl)cc3)C2=O)cc1. The molecule has 2 amide bonds. The number of imide groups is 1. The third kappa shape index (κ3) is 5.25. The molecule has 1 aliphatic rings. The molecule has 5 rings (SSSR count). The molecular weight excluding hydrogens is 554 g/mol. The highest BCUT2D eigenvalue weighted by Crippen LogP contribution is 2.31. The lowest BCUT2D eigenvalue weighted by molar-refractivity contribution is -0.122. The van der Waals surface area contributed by atoms with Crippen molar-refractivity contribution in [1.29, 1.82) is 0 Å². The number of amides is 2. The van der Waals surface area contributed by atoms with E-state index in [4.69, 9.17) is 16.3 Å². The van der Waals surface area contributed by atoms with Crippen molar-refractivity contribution in [2.45, 2.75) is 30.7 Å². The van der Waals surface area contributed by atoms with E-state index < -0.39 is 33.8 Å². The van der Waals surface area contributed by atoms with E-state index in [1.54, 1.807) is 6.92 Å². The molecule has 0 radical (unpaired) electrons. The van der Waals surface area contributed by atoms with Gasteiger partial charge in [-0.15, -0.1) is 0 Å². The molecule has 0 saturated carbocycles. The van der Waals surface area contributed by atoms with Gasteiger partial charge in [0.25, 0.3) is 5.91 Å². The number of nitrogens with one attached hydrogen (secondary N) is 1. The predicted molar refractivity (Wildman–Crippen MR) is 151 cm³/mol. The number of nitrogens with zero attached hydrogens (tertiary/aromatic N) is 2. The van der Waals surface area contributed by atoms with Gasteiger partial charge in [0.2, 0.25) is 15.9 Å². The van der Waals surface area contributed by atoms with Crippen LogP contribution in [-0.2, 0) is 30.8 Å². The molecular formula is C29H26ClN3O6S. The fourth-order valence-corrected chi connectivity index (χ4v) is 6.54. The average Bonchev–Trinajstić information content (AvgIpc) is 3.49. The Labute approximate surface area is 236 Å². The first-order chi connectivity index (χ1) is 19.2. The quantitative estimate of drug-likeness (QED) is 0.229. The maximum Gasteiger partial charge on any atom is 0.338 e. The summed E-state index contributed by atoms with van der Waals surface area (Å²) in [4.78, 5) is 42.9. The highest BCUT2D eigenvalue weighted by molar-refractivity contribution is 7.89. The number of para-hydroxylation sites is 1. The number of fused-ring (bicyclic) bond motifs is 1. The number of aromatic nitrogens is 1. The largest absolute Gasteiger partial charge is 0.462 e. The Balaban J connectivity index is 1.47. The number of ether oxygens (including phenoxy) is 1. The number of rotatable bonds is 9. The number of carbonyl (C=O) groups is 3. The number of H-pyrrole nitrogens is 1. The first kappa shape index (κ1) is 27.6. The summed E-state index contributed by atoms with van der Waals surface area (Å²) in [5, 5.41) is 1.32. The van der Waals surface area contributed by atoms with E-state index in [1.807, 2.05) is 30.5 Å². The van der Waals surface area contributed by atoms with Gasteiger partial charge in [-0.3, -0.25) is 9.59 Å². The molecule has 9 nitrogen and oxygen atoms in total. The van der Waals surface area contributed by atoms with Gasteiger partial charge < -0.3 is 9.72 Å². The molecule has 1 atom stereocenters. The van der Waals surface area contributed by atoms with Crippen molar-refractivity contribution in [3.05, 3.63) is 95.1 Å². The van der Waals surface area contributed by atoms with Gasteiger partial charge in [0.15, 0.2) is 0 Å². The van der Waals surface area contributed by atoms with Gasteiger partial charge in [-0.25, -0.2) is 18.1 Å². The van der Waals surface area contributed by atoms with Gasteiger partial charge in [0.1, 0.15) is 6.04 Å². The third-order valence-corrected chi connectivity index (χ3v) is 8.98. The van der Waals surface area contributed by atoms with Gasteiger partial charge in [0.05, 0.1) is 29.2 Å².